The van der Waals surface area contributed by atoms with E-state index < -0.39 is 5.54 Å². The summed E-state index contributed by atoms with van der Waals surface area (Å²) in [5, 5.41) is 2.88. The number of anilines is 1. The second-order valence-corrected chi connectivity index (χ2v) is 7.58. The van der Waals surface area contributed by atoms with Gasteiger partial charge in [-0.3, -0.25) is 9.59 Å². The van der Waals surface area contributed by atoms with E-state index in [1.807, 2.05) is 59.5 Å². The van der Waals surface area contributed by atoms with Gasteiger partial charge >= 0.3 is 0 Å². The van der Waals surface area contributed by atoms with Gasteiger partial charge in [0.2, 0.25) is 11.8 Å². The molecule has 6 heteroatoms. The monoisotopic (exact) mass is 380 g/mol. The lowest BCUT2D eigenvalue weighted by Crippen LogP contribution is -2.47. The first-order chi connectivity index (χ1) is 13.4. The number of carbonyl (C=O) groups excluding carboxylic acids is 2. The summed E-state index contributed by atoms with van der Waals surface area (Å²) in [6.45, 7) is 5.01. The molecule has 3 rings (SSSR count). The van der Waals surface area contributed by atoms with Crippen LogP contribution in [0.4, 0.5) is 5.69 Å². The SMILES string of the molecule is CN1CCN(C(=O)Cc2cccc(NC(=O)C(C)(N)c3ccccc3)c2)CC1. The molecule has 0 aromatic heterocycles. The number of benzene rings is 2. The van der Waals surface area contributed by atoms with E-state index in [4.69, 9.17) is 5.73 Å². The molecule has 1 atom stereocenters. The molecule has 2 aromatic rings. The second kappa shape index (κ2) is 8.54. The Morgan fingerprint density at radius 3 is 2.39 bits per heavy atom. The first-order valence-corrected chi connectivity index (χ1v) is 9.57. The van der Waals surface area contributed by atoms with Crippen LogP contribution >= 0.6 is 0 Å². The summed E-state index contributed by atoms with van der Waals surface area (Å²) >= 11 is 0. The number of amides is 2. The zero-order valence-electron chi connectivity index (χ0n) is 16.5. The molecule has 0 aliphatic carbocycles. The molecular formula is C22H28N4O2. The van der Waals surface area contributed by atoms with E-state index in [1.54, 1.807) is 6.92 Å². The van der Waals surface area contributed by atoms with Crippen molar-refractivity contribution in [2.24, 2.45) is 5.73 Å². The summed E-state index contributed by atoms with van der Waals surface area (Å²) in [5.74, 6) is -0.175. The predicted molar refractivity (Wildman–Crippen MR) is 111 cm³/mol. The normalized spacial score (nSPS) is 17.0. The molecule has 1 aliphatic heterocycles. The summed E-state index contributed by atoms with van der Waals surface area (Å²) in [7, 11) is 2.06. The predicted octanol–water partition coefficient (Wildman–Crippen LogP) is 1.82. The molecule has 28 heavy (non-hydrogen) atoms. The molecule has 0 saturated carbocycles. The average molecular weight is 380 g/mol. The van der Waals surface area contributed by atoms with Gasteiger partial charge < -0.3 is 20.9 Å². The van der Waals surface area contributed by atoms with Crippen LogP contribution in [-0.4, -0.2) is 54.8 Å². The van der Waals surface area contributed by atoms with Crippen LogP contribution in [0.3, 0.4) is 0 Å². The molecular weight excluding hydrogens is 352 g/mol. The van der Waals surface area contributed by atoms with Crippen molar-refractivity contribution in [3.63, 3.8) is 0 Å². The maximum atomic E-state index is 12.7. The summed E-state index contributed by atoms with van der Waals surface area (Å²) < 4.78 is 0. The molecule has 1 aliphatic rings. The Kier molecular flexibility index (Phi) is 6.11. The lowest BCUT2D eigenvalue weighted by Gasteiger charge is -2.32. The molecule has 2 aromatic carbocycles. The Balaban J connectivity index is 1.64. The highest BCUT2D eigenvalue weighted by atomic mass is 16.2. The van der Waals surface area contributed by atoms with E-state index >= 15 is 0 Å². The minimum Gasteiger partial charge on any atom is -0.340 e. The van der Waals surface area contributed by atoms with E-state index in [0.717, 1.165) is 37.3 Å². The molecule has 3 N–H and O–H groups in total. The summed E-state index contributed by atoms with van der Waals surface area (Å²) in [6, 6.07) is 16.7. The highest BCUT2D eigenvalue weighted by Gasteiger charge is 2.30. The third kappa shape index (κ3) is 4.77. The van der Waals surface area contributed by atoms with Gasteiger partial charge in [0.05, 0.1) is 6.42 Å². The molecule has 1 saturated heterocycles. The van der Waals surface area contributed by atoms with E-state index in [1.165, 1.54) is 0 Å². The van der Waals surface area contributed by atoms with E-state index in [-0.39, 0.29) is 11.8 Å². The number of rotatable bonds is 5. The topological polar surface area (TPSA) is 78.7 Å². The summed E-state index contributed by atoms with van der Waals surface area (Å²) in [5.41, 5.74) is 7.39. The quantitative estimate of drug-likeness (QED) is 0.829. The van der Waals surface area contributed by atoms with Crippen LogP contribution in [0.1, 0.15) is 18.1 Å². The van der Waals surface area contributed by atoms with Crippen molar-refractivity contribution in [2.45, 2.75) is 18.9 Å². The van der Waals surface area contributed by atoms with Crippen molar-refractivity contribution >= 4 is 17.5 Å². The van der Waals surface area contributed by atoms with Gasteiger partial charge in [-0.15, -0.1) is 0 Å². The van der Waals surface area contributed by atoms with Crippen molar-refractivity contribution in [2.75, 3.05) is 38.5 Å². The van der Waals surface area contributed by atoms with Gasteiger partial charge in [-0.1, -0.05) is 42.5 Å². The fourth-order valence-corrected chi connectivity index (χ4v) is 3.28. The maximum absolute atomic E-state index is 12.7. The van der Waals surface area contributed by atoms with Gasteiger partial charge in [0.1, 0.15) is 5.54 Å². The minimum atomic E-state index is -1.15. The molecule has 2 amide bonds. The van der Waals surface area contributed by atoms with Crippen LogP contribution in [0.2, 0.25) is 0 Å². The third-order valence-corrected chi connectivity index (χ3v) is 5.24. The van der Waals surface area contributed by atoms with E-state index in [0.29, 0.717) is 12.1 Å². The van der Waals surface area contributed by atoms with Crippen molar-refractivity contribution in [3.05, 3.63) is 65.7 Å². The molecule has 148 valence electrons. The first kappa shape index (κ1) is 20.0. The van der Waals surface area contributed by atoms with Crippen LogP contribution in [0.25, 0.3) is 0 Å². The fourth-order valence-electron chi connectivity index (χ4n) is 3.28. The molecule has 1 heterocycles. The van der Waals surface area contributed by atoms with Crippen LogP contribution < -0.4 is 11.1 Å². The van der Waals surface area contributed by atoms with Crippen LogP contribution in [0.15, 0.2) is 54.6 Å². The Labute approximate surface area is 166 Å². The van der Waals surface area contributed by atoms with Gasteiger partial charge in [-0.2, -0.15) is 0 Å². The van der Waals surface area contributed by atoms with E-state index in [9.17, 15) is 9.59 Å². The Bertz CT molecular complexity index is 827. The number of piperazine rings is 1. The van der Waals surface area contributed by atoms with Crippen LogP contribution in [-0.2, 0) is 21.5 Å². The number of likely N-dealkylation sites (N-methyl/N-ethyl adjacent to an activating group) is 1. The average Bonchev–Trinajstić information content (AvgIpc) is 2.69. The Hall–Kier alpha value is -2.70. The smallest absolute Gasteiger partial charge is 0.248 e. The van der Waals surface area contributed by atoms with Gasteiger partial charge in [0, 0.05) is 31.9 Å². The summed E-state index contributed by atoms with van der Waals surface area (Å²) in [6.07, 6.45) is 0.325. The zero-order chi connectivity index (χ0) is 20.1. The highest BCUT2D eigenvalue weighted by Crippen LogP contribution is 2.21. The molecule has 0 bridgehead atoms. The maximum Gasteiger partial charge on any atom is 0.248 e. The second-order valence-electron chi connectivity index (χ2n) is 7.58. The minimum absolute atomic E-state index is 0.115. The molecule has 1 fully saturated rings. The van der Waals surface area contributed by atoms with Crippen molar-refractivity contribution in [1.82, 2.24) is 9.80 Å². The highest BCUT2D eigenvalue weighted by molar-refractivity contribution is 5.98. The molecule has 0 spiro atoms. The van der Waals surface area contributed by atoms with Gasteiger partial charge in [0.15, 0.2) is 0 Å². The fraction of sp³-hybridized carbons (Fsp3) is 0.364. The Morgan fingerprint density at radius 2 is 1.71 bits per heavy atom. The Morgan fingerprint density at radius 1 is 1.04 bits per heavy atom. The van der Waals surface area contributed by atoms with Crippen LogP contribution in [0.5, 0.6) is 0 Å². The number of carbonyl (C=O) groups is 2. The lowest BCUT2D eigenvalue weighted by molar-refractivity contribution is -0.132. The summed E-state index contributed by atoms with van der Waals surface area (Å²) in [4.78, 5) is 29.4. The van der Waals surface area contributed by atoms with Crippen molar-refractivity contribution in [1.29, 1.82) is 0 Å². The van der Waals surface area contributed by atoms with Gasteiger partial charge in [-0.05, 0) is 37.2 Å². The number of nitrogens with one attached hydrogen (secondary N) is 1. The molecule has 6 nitrogen and oxygen atoms in total. The number of nitrogens with zero attached hydrogens (tertiary/aromatic N) is 2. The zero-order valence-corrected chi connectivity index (χ0v) is 16.5. The van der Waals surface area contributed by atoms with Gasteiger partial charge in [-0.25, -0.2) is 0 Å². The number of nitrogens with two attached hydrogens (primary N) is 1. The largest absolute Gasteiger partial charge is 0.340 e. The number of hydrogen-bond acceptors (Lipinski definition) is 4. The third-order valence-electron chi connectivity index (χ3n) is 5.24. The van der Waals surface area contributed by atoms with Crippen LogP contribution in [0, 0.1) is 0 Å². The lowest BCUT2D eigenvalue weighted by atomic mass is 9.92. The molecule has 1 unspecified atom stereocenters. The van der Waals surface area contributed by atoms with Crippen molar-refractivity contribution < 1.29 is 9.59 Å². The van der Waals surface area contributed by atoms with Crippen molar-refractivity contribution in [3.8, 4) is 0 Å². The van der Waals surface area contributed by atoms with Gasteiger partial charge in [0.25, 0.3) is 0 Å². The number of hydrogen-bond donors (Lipinski definition) is 2. The molecule has 0 radical (unpaired) electrons. The standard InChI is InChI=1S/C22H28N4O2/c1-22(23,18-8-4-3-5-9-18)21(28)24-19-10-6-7-17(15-19)16-20(27)26-13-11-25(2)12-14-26/h3-10,15H,11-14,16,23H2,1-2H3,(H,24,28). The first-order valence-electron chi connectivity index (χ1n) is 9.57. The van der Waals surface area contributed by atoms with E-state index in [2.05, 4.69) is 17.3 Å².